The Kier molecular flexibility index (Phi) is 3.29. The standard InChI is InChI=1S/C16H21NO2/c1-3-10-5-8-12-9-13(16(18)19-4-2)15(11-6-7-11)17-14(10)12/h9-11H,3-8H2,1-2H3. The Morgan fingerprint density at radius 2 is 2.11 bits per heavy atom. The van der Waals surface area contributed by atoms with Crippen LogP contribution >= 0.6 is 0 Å². The van der Waals surface area contributed by atoms with E-state index in [2.05, 4.69) is 13.0 Å². The van der Waals surface area contributed by atoms with Gasteiger partial charge >= 0.3 is 5.97 Å². The molecule has 0 spiro atoms. The minimum absolute atomic E-state index is 0.195. The molecule has 1 fully saturated rings. The fraction of sp³-hybridized carbons (Fsp3) is 0.625. The zero-order valence-electron chi connectivity index (χ0n) is 11.7. The fourth-order valence-corrected chi connectivity index (χ4v) is 3.04. The molecule has 1 saturated carbocycles. The summed E-state index contributed by atoms with van der Waals surface area (Å²) in [6.45, 7) is 4.50. The van der Waals surface area contributed by atoms with Gasteiger partial charge in [-0.15, -0.1) is 0 Å². The lowest BCUT2D eigenvalue weighted by Crippen LogP contribution is -2.11. The first-order chi connectivity index (χ1) is 9.24. The topological polar surface area (TPSA) is 39.2 Å². The summed E-state index contributed by atoms with van der Waals surface area (Å²) >= 11 is 0. The summed E-state index contributed by atoms with van der Waals surface area (Å²) in [5.41, 5.74) is 4.23. The van der Waals surface area contributed by atoms with Gasteiger partial charge in [-0.3, -0.25) is 4.98 Å². The quantitative estimate of drug-likeness (QED) is 0.776. The molecule has 0 N–H and O–H groups in total. The Morgan fingerprint density at radius 1 is 1.32 bits per heavy atom. The van der Waals surface area contributed by atoms with Gasteiger partial charge in [-0.25, -0.2) is 4.79 Å². The molecular weight excluding hydrogens is 238 g/mol. The summed E-state index contributed by atoms with van der Waals surface area (Å²) in [6.07, 6.45) is 5.69. The van der Waals surface area contributed by atoms with E-state index in [-0.39, 0.29) is 5.97 Å². The first-order valence-electron chi connectivity index (χ1n) is 7.45. The van der Waals surface area contributed by atoms with E-state index in [0.29, 0.717) is 18.4 Å². The molecule has 0 saturated heterocycles. The highest BCUT2D eigenvalue weighted by Crippen LogP contribution is 2.43. The van der Waals surface area contributed by atoms with Crippen molar-refractivity contribution < 1.29 is 9.53 Å². The third-order valence-electron chi connectivity index (χ3n) is 4.27. The number of hydrogen-bond donors (Lipinski definition) is 0. The maximum Gasteiger partial charge on any atom is 0.339 e. The van der Waals surface area contributed by atoms with Crippen molar-refractivity contribution in [2.75, 3.05) is 6.61 Å². The highest BCUT2D eigenvalue weighted by Gasteiger charge is 2.33. The number of ether oxygens (including phenoxy) is 1. The average Bonchev–Trinajstić information content (AvgIpc) is 3.18. The van der Waals surface area contributed by atoms with Gasteiger partial charge < -0.3 is 4.74 Å². The van der Waals surface area contributed by atoms with Crippen molar-refractivity contribution in [1.82, 2.24) is 4.98 Å². The molecule has 1 unspecified atom stereocenters. The average molecular weight is 259 g/mol. The van der Waals surface area contributed by atoms with E-state index >= 15 is 0 Å². The molecule has 0 aliphatic heterocycles. The number of esters is 1. The van der Waals surface area contributed by atoms with Gasteiger partial charge in [-0.1, -0.05) is 6.92 Å². The molecule has 1 aromatic heterocycles. The SMILES string of the molecule is CCOC(=O)c1cc2c(nc1C1CC1)C(CC)CC2. The van der Waals surface area contributed by atoms with E-state index in [1.54, 1.807) is 0 Å². The largest absolute Gasteiger partial charge is 0.462 e. The molecule has 2 aliphatic carbocycles. The molecule has 1 aromatic rings. The van der Waals surface area contributed by atoms with Crippen LogP contribution < -0.4 is 0 Å². The normalized spacial score (nSPS) is 21.3. The Balaban J connectivity index is 2.02. The van der Waals surface area contributed by atoms with Crippen LogP contribution in [-0.2, 0) is 11.2 Å². The zero-order valence-corrected chi connectivity index (χ0v) is 11.7. The van der Waals surface area contributed by atoms with E-state index in [9.17, 15) is 4.79 Å². The second-order valence-corrected chi connectivity index (χ2v) is 5.60. The van der Waals surface area contributed by atoms with Crippen molar-refractivity contribution in [2.45, 2.75) is 57.8 Å². The number of aryl methyl sites for hydroxylation is 1. The molecule has 2 aliphatic rings. The predicted octanol–water partition coefficient (Wildman–Crippen LogP) is 3.58. The second kappa shape index (κ2) is 4.95. The van der Waals surface area contributed by atoms with Gasteiger partial charge in [0, 0.05) is 17.5 Å². The number of nitrogens with zero attached hydrogens (tertiary/aromatic N) is 1. The van der Waals surface area contributed by atoms with Gasteiger partial charge in [-0.2, -0.15) is 0 Å². The third-order valence-corrected chi connectivity index (χ3v) is 4.27. The van der Waals surface area contributed by atoms with Crippen LogP contribution in [-0.4, -0.2) is 17.6 Å². The molecule has 1 heterocycles. The van der Waals surface area contributed by atoms with Crippen molar-refractivity contribution in [2.24, 2.45) is 0 Å². The number of carbonyl (C=O) groups excluding carboxylic acids is 1. The van der Waals surface area contributed by atoms with Crippen LogP contribution in [0.1, 0.15) is 78.7 Å². The first kappa shape index (κ1) is 12.6. The van der Waals surface area contributed by atoms with Crippen LogP contribution in [0.3, 0.4) is 0 Å². The molecule has 3 heteroatoms. The molecule has 0 amide bonds. The van der Waals surface area contributed by atoms with E-state index in [0.717, 1.165) is 36.9 Å². The van der Waals surface area contributed by atoms with Crippen molar-refractivity contribution >= 4 is 5.97 Å². The summed E-state index contributed by atoms with van der Waals surface area (Å²) in [5, 5.41) is 0. The van der Waals surface area contributed by atoms with Crippen molar-refractivity contribution in [1.29, 1.82) is 0 Å². The molecule has 0 aromatic carbocycles. The summed E-state index contributed by atoms with van der Waals surface area (Å²) in [4.78, 5) is 17.0. The second-order valence-electron chi connectivity index (χ2n) is 5.60. The van der Waals surface area contributed by atoms with Crippen molar-refractivity contribution in [3.05, 3.63) is 28.6 Å². The maximum absolute atomic E-state index is 12.1. The fourth-order valence-electron chi connectivity index (χ4n) is 3.04. The molecular formula is C16H21NO2. The highest BCUT2D eigenvalue weighted by atomic mass is 16.5. The Bertz CT molecular complexity index is 506. The van der Waals surface area contributed by atoms with E-state index in [1.165, 1.54) is 17.7 Å². The van der Waals surface area contributed by atoms with E-state index in [4.69, 9.17) is 9.72 Å². The van der Waals surface area contributed by atoms with Crippen LogP contribution in [0.4, 0.5) is 0 Å². The van der Waals surface area contributed by atoms with Crippen LogP contribution in [0, 0.1) is 0 Å². The monoisotopic (exact) mass is 259 g/mol. The Labute approximate surface area is 114 Å². The number of aromatic nitrogens is 1. The zero-order chi connectivity index (χ0) is 13.4. The molecule has 1 atom stereocenters. The van der Waals surface area contributed by atoms with Crippen molar-refractivity contribution in [3.63, 3.8) is 0 Å². The minimum Gasteiger partial charge on any atom is -0.462 e. The predicted molar refractivity (Wildman–Crippen MR) is 73.5 cm³/mol. The minimum atomic E-state index is -0.195. The molecule has 0 radical (unpaired) electrons. The van der Waals surface area contributed by atoms with Crippen LogP contribution in [0.2, 0.25) is 0 Å². The lowest BCUT2D eigenvalue weighted by molar-refractivity contribution is 0.0524. The lowest BCUT2D eigenvalue weighted by Gasteiger charge is -2.13. The lowest BCUT2D eigenvalue weighted by atomic mass is 10.0. The number of rotatable bonds is 4. The Morgan fingerprint density at radius 3 is 2.74 bits per heavy atom. The van der Waals surface area contributed by atoms with Crippen LogP contribution in [0.5, 0.6) is 0 Å². The third kappa shape index (κ3) is 2.26. The van der Waals surface area contributed by atoms with Gasteiger partial charge in [0.05, 0.1) is 17.9 Å². The van der Waals surface area contributed by atoms with Crippen molar-refractivity contribution in [3.8, 4) is 0 Å². The number of hydrogen-bond acceptors (Lipinski definition) is 3. The first-order valence-corrected chi connectivity index (χ1v) is 7.45. The summed E-state index contributed by atoms with van der Waals surface area (Å²) in [6, 6.07) is 2.06. The summed E-state index contributed by atoms with van der Waals surface area (Å²) in [5.74, 6) is 0.881. The maximum atomic E-state index is 12.1. The van der Waals surface area contributed by atoms with Crippen LogP contribution in [0.15, 0.2) is 6.07 Å². The highest BCUT2D eigenvalue weighted by molar-refractivity contribution is 5.91. The van der Waals surface area contributed by atoms with Gasteiger partial charge in [0.15, 0.2) is 0 Å². The van der Waals surface area contributed by atoms with Gasteiger partial charge in [-0.05, 0) is 50.7 Å². The molecule has 3 rings (SSSR count). The van der Waals surface area contributed by atoms with E-state index in [1.807, 2.05) is 6.92 Å². The Hall–Kier alpha value is -1.38. The van der Waals surface area contributed by atoms with Gasteiger partial charge in [0.25, 0.3) is 0 Å². The summed E-state index contributed by atoms with van der Waals surface area (Å²) < 4.78 is 5.18. The molecule has 0 bridgehead atoms. The molecule has 102 valence electrons. The van der Waals surface area contributed by atoms with Gasteiger partial charge in [0.1, 0.15) is 0 Å². The van der Waals surface area contributed by atoms with E-state index < -0.39 is 0 Å². The molecule has 19 heavy (non-hydrogen) atoms. The van der Waals surface area contributed by atoms with Crippen LogP contribution in [0.25, 0.3) is 0 Å². The van der Waals surface area contributed by atoms with Gasteiger partial charge in [0.2, 0.25) is 0 Å². The number of fused-ring (bicyclic) bond motifs is 1. The summed E-state index contributed by atoms with van der Waals surface area (Å²) in [7, 11) is 0. The number of pyridine rings is 1. The number of carbonyl (C=O) groups is 1. The smallest absolute Gasteiger partial charge is 0.339 e. The molecule has 3 nitrogen and oxygen atoms in total.